The van der Waals surface area contributed by atoms with E-state index in [0.29, 0.717) is 35.1 Å². The Morgan fingerprint density at radius 3 is 2.88 bits per heavy atom. The molecule has 1 N–H and O–H groups in total. The number of carbonyl (C=O) groups is 2. The molecule has 3 aliphatic heterocycles. The summed E-state index contributed by atoms with van der Waals surface area (Å²) in [5.74, 6) is 2.21. The van der Waals surface area contributed by atoms with Gasteiger partial charge in [0.2, 0.25) is 0 Å². The second-order valence-corrected chi connectivity index (χ2v) is 10.1. The summed E-state index contributed by atoms with van der Waals surface area (Å²) < 4.78 is 25.1. The number of carbonyl (C=O) groups excluding carboxylic acids is 2. The molecule has 2 saturated heterocycles. The Balaban J connectivity index is 1.26. The molecule has 8 nitrogen and oxygen atoms in total. The Labute approximate surface area is 199 Å². The van der Waals surface area contributed by atoms with E-state index in [1.54, 1.807) is 12.3 Å². The summed E-state index contributed by atoms with van der Waals surface area (Å²) in [7, 11) is 1.26. The van der Waals surface area contributed by atoms with Gasteiger partial charge in [0.1, 0.15) is 17.3 Å². The zero-order chi connectivity index (χ0) is 23.6. The molecule has 3 fully saturated rings. The van der Waals surface area contributed by atoms with Gasteiger partial charge < -0.3 is 14.8 Å². The number of halogens is 1. The van der Waals surface area contributed by atoms with Gasteiger partial charge in [0.15, 0.2) is 0 Å². The third-order valence-corrected chi connectivity index (χ3v) is 8.71. The van der Waals surface area contributed by atoms with Crippen LogP contribution in [0.15, 0.2) is 30.5 Å². The van der Waals surface area contributed by atoms with Crippen molar-refractivity contribution in [1.29, 1.82) is 5.26 Å². The quantitative estimate of drug-likeness (QED) is 0.716. The van der Waals surface area contributed by atoms with E-state index in [-0.39, 0.29) is 12.6 Å². The Morgan fingerprint density at radius 1 is 1.41 bits per heavy atom. The average molecular weight is 481 g/mol. The number of anilines is 1. The molecule has 4 aliphatic rings. The van der Waals surface area contributed by atoms with Crippen molar-refractivity contribution in [3.8, 4) is 17.2 Å². The maximum absolute atomic E-state index is 15.2. The lowest BCUT2D eigenvalue weighted by Crippen LogP contribution is -2.40. The number of thioether (sulfide) groups is 1. The number of hydrogen-bond donors (Lipinski definition) is 1. The van der Waals surface area contributed by atoms with E-state index < -0.39 is 29.5 Å². The van der Waals surface area contributed by atoms with Crippen LogP contribution >= 0.6 is 11.8 Å². The van der Waals surface area contributed by atoms with Crippen molar-refractivity contribution >= 4 is 29.6 Å². The first-order chi connectivity index (χ1) is 16.5. The van der Waals surface area contributed by atoms with E-state index in [9.17, 15) is 14.9 Å². The number of aromatic nitrogens is 1. The lowest BCUT2D eigenvalue weighted by molar-refractivity contribution is 0.123. The molecule has 2 amide bonds. The van der Waals surface area contributed by atoms with Crippen LogP contribution in [0.3, 0.4) is 0 Å². The second kappa shape index (κ2) is 7.60. The normalized spacial score (nSPS) is 30.1. The van der Waals surface area contributed by atoms with Gasteiger partial charge >= 0.3 is 12.2 Å². The molecular formula is C24H21FN4O4S. The van der Waals surface area contributed by atoms with E-state index in [1.165, 1.54) is 18.1 Å². The van der Waals surface area contributed by atoms with Crippen molar-refractivity contribution in [2.24, 2.45) is 11.8 Å². The van der Waals surface area contributed by atoms with Gasteiger partial charge in [-0.3, -0.25) is 9.88 Å². The molecule has 0 bridgehead atoms. The third-order valence-electron chi connectivity index (χ3n) is 7.52. The SMILES string of the molecule is COC(=O)NC[C@@H]1OC(=O)N2c3cc(F)c(-c4ccc(C5(C#N)[C@@H]6CSC[C@@H]65)nc4)cc3C[C@@H]12. The molecule has 1 aromatic carbocycles. The van der Waals surface area contributed by atoms with Gasteiger partial charge in [0, 0.05) is 17.3 Å². The Morgan fingerprint density at radius 2 is 2.21 bits per heavy atom. The molecule has 34 heavy (non-hydrogen) atoms. The van der Waals surface area contributed by atoms with Gasteiger partial charge in [-0.15, -0.1) is 0 Å². The fraction of sp³-hybridized carbons (Fsp3) is 0.417. The van der Waals surface area contributed by atoms with E-state index in [1.807, 2.05) is 23.9 Å². The second-order valence-electron chi connectivity index (χ2n) is 9.06. The van der Waals surface area contributed by atoms with E-state index >= 15 is 4.39 Å². The van der Waals surface area contributed by atoms with Gasteiger partial charge in [-0.2, -0.15) is 17.0 Å². The standard InChI is InChI=1S/C24H21FN4O4S/c1-32-22(30)28-8-20-19-5-13-4-14(17(25)6-18(13)29(19)23(31)33-20)12-2-3-21(27-7-12)24(11-26)15-9-34-10-16(15)24/h2-4,6-7,15-16,19-20H,5,8-10H2,1H3,(H,28,30)/t15-,16+,19-,20-,24?/m0/s1. The summed E-state index contributed by atoms with van der Waals surface area (Å²) in [6.07, 6.45) is 0.374. The van der Waals surface area contributed by atoms with Crippen LogP contribution in [0, 0.1) is 29.0 Å². The highest BCUT2D eigenvalue weighted by atomic mass is 32.2. The zero-order valence-electron chi connectivity index (χ0n) is 18.3. The molecule has 2 aromatic rings. The predicted molar refractivity (Wildman–Crippen MR) is 122 cm³/mol. The molecule has 10 heteroatoms. The van der Waals surface area contributed by atoms with E-state index in [2.05, 4.69) is 21.1 Å². The van der Waals surface area contributed by atoms with Crippen LogP contribution in [-0.2, 0) is 21.3 Å². The number of nitrogens with one attached hydrogen (secondary N) is 1. The number of pyridine rings is 1. The number of ether oxygens (including phenoxy) is 2. The molecule has 6 rings (SSSR count). The molecule has 0 spiro atoms. The van der Waals surface area contributed by atoms with Gasteiger partial charge in [-0.1, -0.05) is 6.07 Å². The maximum atomic E-state index is 15.2. The minimum Gasteiger partial charge on any atom is -0.453 e. The number of cyclic esters (lactones) is 1. The fourth-order valence-electron chi connectivity index (χ4n) is 5.70. The molecule has 4 heterocycles. The number of amides is 2. The van der Waals surface area contributed by atoms with Crippen LogP contribution in [-0.4, -0.2) is 54.5 Å². The highest BCUT2D eigenvalue weighted by Crippen LogP contribution is 2.65. The van der Waals surface area contributed by atoms with Crippen LogP contribution in [0.2, 0.25) is 0 Å². The minimum absolute atomic E-state index is 0.107. The number of alkyl carbamates (subject to hydrolysis) is 1. The van der Waals surface area contributed by atoms with Crippen molar-refractivity contribution in [3.05, 3.63) is 47.5 Å². The van der Waals surface area contributed by atoms with Crippen molar-refractivity contribution < 1.29 is 23.5 Å². The number of nitrogens with zero attached hydrogens (tertiary/aromatic N) is 3. The Bertz CT molecular complexity index is 1240. The molecule has 174 valence electrons. The smallest absolute Gasteiger partial charge is 0.415 e. The van der Waals surface area contributed by atoms with Crippen LogP contribution in [0.25, 0.3) is 11.1 Å². The summed E-state index contributed by atoms with van der Waals surface area (Å²) in [6.45, 7) is 0.107. The first-order valence-corrected chi connectivity index (χ1v) is 12.2. The Kier molecular flexibility index (Phi) is 4.74. The summed E-state index contributed by atoms with van der Waals surface area (Å²) in [5.41, 5.74) is 2.59. The molecule has 1 saturated carbocycles. The molecule has 1 aliphatic carbocycles. The first-order valence-electron chi connectivity index (χ1n) is 11.1. The lowest BCUT2D eigenvalue weighted by Gasteiger charge is -2.16. The number of nitriles is 1. The fourth-order valence-corrected chi connectivity index (χ4v) is 7.33. The number of fused-ring (bicyclic) bond motifs is 4. The summed E-state index contributed by atoms with van der Waals surface area (Å²) >= 11 is 1.88. The Hall–Kier alpha value is -3.32. The van der Waals surface area contributed by atoms with Gasteiger partial charge in [-0.25, -0.2) is 14.0 Å². The lowest BCUT2D eigenvalue weighted by atomic mass is 9.96. The highest BCUT2D eigenvalue weighted by molar-refractivity contribution is 7.99. The van der Waals surface area contributed by atoms with Crippen LogP contribution in [0.4, 0.5) is 19.7 Å². The number of methoxy groups -OCH3 is 1. The summed E-state index contributed by atoms with van der Waals surface area (Å²) in [6, 6.07) is 8.93. The van der Waals surface area contributed by atoms with Crippen molar-refractivity contribution in [1.82, 2.24) is 10.3 Å². The van der Waals surface area contributed by atoms with Crippen molar-refractivity contribution in [3.63, 3.8) is 0 Å². The third kappa shape index (κ3) is 2.92. The monoisotopic (exact) mass is 480 g/mol. The van der Waals surface area contributed by atoms with Gasteiger partial charge in [0.05, 0.1) is 37.1 Å². The maximum Gasteiger partial charge on any atom is 0.415 e. The van der Waals surface area contributed by atoms with Gasteiger partial charge in [-0.05, 0) is 53.5 Å². The van der Waals surface area contributed by atoms with Crippen LogP contribution in [0.1, 0.15) is 11.3 Å². The zero-order valence-corrected chi connectivity index (χ0v) is 19.1. The van der Waals surface area contributed by atoms with Crippen molar-refractivity contribution in [2.45, 2.75) is 24.0 Å². The molecule has 1 unspecified atom stereocenters. The summed E-state index contributed by atoms with van der Waals surface area (Å²) in [5, 5.41) is 12.4. The van der Waals surface area contributed by atoms with Crippen LogP contribution in [0.5, 0.6) is 0 Å². The highest BCUT2D eigenvalue weighted by Gasteiger charge is 2.69. The summed E-state index contributed by atoms with van der Waals surface area (Å²) in [4.78, 5) is 29.9. The molecule has 5 atom stereocenters. The van der Waals surface area contributed by atoms with Crippen LogP contribution < -0.4 is 10.2 Å². The van der Waals surface area contributed by atoms with Crippen molar-refractivity contribution in [2.75, 3.05) is 30.1 Å². The first kappa shape index (κ1) is 21.2. The minimum atomic E-state index is -0.610. The number of hydrogen-bond acceptors (Lipinski definition) is 7. The van der Waals surface area contributed by atoms with E-state index in [4.69, 9.17) is 4.74 Å². The predicted octanol–water partition coefficient (Wildman–Crippen LogP) is 3.25. The van der Waals surface area contributed by atoms with Gasteiger partial charge in [0.25, 0.3) is 0 Å². The number of benzene rings is 1. The largest absolute Gasteiger partial charge is 0.453 e. The number of rotatable bonds is 4. The average Bonchev–Trinajstić information content (AvgIpc) is 3.23. The molecule has 1 aromatic heterocycles. The molecular weight excluding hydrogens is 459 g/mol. The molecule has 0 radical (unpaired) electrons. The van der Waals surface area contributed by atoms with E-state index in [0.717, 1.165) is 22.8 Å². The topological polar surface area (TPSA) is 105 Å².